The largest absolute Gasteiger partial charge is 0.348 e. The second kappa shape index (κ2) is 8.05. The number of urea groups is 1. The van der Waals surface area contributed by atoms with Gasteiger partial charge in [-0.25, -0.2) is 13.6 Å². The van der Waals surface area contributed by atoms with Crippen LogP contribution in [0.15, 0.2) is 48.5 Å². The molecule has 5 nitrogen and oxygen atoms in total. The van der Waals surface area contributed by atoms with E-state index in [0.29, 0.717) is 11.3 Å². The van der Waals surface area contributed by atoms with E-state index in [1.165, 1.54) is 6.07 Å². The number of benzene rings is 2. The number of rotatable bonds is 5. The first kappa shape index (κ1) is 17.4. The minimum atomic E-state index is -0.978. The smallest absolute Gasteiger partial charge is 0.319 e. The molecule has 2 rings (SSSR count). The number of halogens is 2. The number of para-hydroxylation sites is 1. The number of nitrogens with one attached hydrogen (secondary N) is 3. The predicted octanol–water partition coefficient (Wildman–Crippen LogP) is 2.96. The molecule has 0 aliphatic carbocycles. The lowest BCUT2D eigenvalue weighted by molar-refractivity contribution is -0.120. The van der Waals surface area contributed by atoms with Gasteiger partial charge in [-0.3, -0.25) is 4.79 Å². The van der Waals surface area contributed by atoms with Crippen molar-refractivity contribution in [3.05, 3.63) is 65.7 Å². The Balaban J connectivity index is 1.80. The topological polar surface area (TPSA) is 70.2 Å². The summed E-state index contributed by atoms with van der Waals surface area (Å²) in [6.45, 7) is 1.39. The fourth-order valence-electron chi connectivity index (χ4n) is 2.01. The maximum absolute atomic E-state index is 13.2. The summed E-state index contributed by atoms with van der Waals surface area (Å²) < 4.78 is 26.1. The van der Waals surface area contributed by atoms with E-state index in [1.807, 2.05) is 6.07 Å². The standard InChI is InChI=1S/C17H17F2N3O2/c1-11(12-7-8-14(18)15(19)9-12)21-16(23)10-20-17(24)22-13-5-3-2-4-6-13/h2-9,11H,10H2,1H3,(H,21,23)(H2,20,22,24)/t11-/m1/s1. The van der Waals surface area contributed by atoms with Gasteiger partial charge in [-0.05, 0) is 36.8 Å². The van der Waals surface area contributed by atoms with Crippen molar-refractivity contribution in [1.29, 1.82) is 0 Å². The number of amides is 3. The van der Waals surface area contributed by atoms with Crippen molar-refractivity contribution in [3.8, 4) is 0 Å². The van der Waals surface area contributed by atoms with Crippen molar-refractivity contribution in [2.24, 2.45) is 0 Å². The van der Waals surface area contributed by atoms with Crippen molar-refractivity contribution in [2.75, 3.05) is 11.9 Å². The first-order chi connectivity index (χ1) is 11.5. The molecule has 2 aromatic rings. The molecule has 3 N–H and O–H groups in total. The number of hydrogen-bond acceptors (Lipinski definition) is 2. The van der Waals surface area contributed by atoms with Crippen LogP contribution < -0.4 is 16.0 Å². The van der Waals surface area contributed by atoms with Crippen LogP contribution in [0.3, 0.4) is 0 Å². The van der Waals surface area contributed by atoms with Crippen molar-refractivity contribution in [3.63, 3.8) is 0 Å². The van der Waals surface area contributed by atoms with Gasteiger partial charge in [0.25, 0.3) is 0 Å². The number of carbonyl (C=O) groups excluding carboxylic acids is 2. The van der Waals surface area contributed by atoms with Gasteiger partial charge in [0.2, 0.25) is 5.91 Å². The molecule has 0 unspecified atom stereocenters. The summed E-state index contributed by atoms with van der Waals surface area (Å²) in [5, 5.41) is 7.58. The van der Waals surface area contributed by atoms with E-state index in [0.717, 1.165) is 12.1 Å². The second-order valence-corrected chi connectivity index (χ2v) is 5.14. The molecule has 0 radical (unpaired) electrons. The van der Waals surface area contributed by atoms with Crippen LogP contribution in [0.2, 0.25) is 0 Å². The average molecular weight is 333 g/mol. The van der Waals surface area contributed by atoms with E-state index < -0.39 is 29.6 Å². The van der Waals surface area contributed by atoms with Crippen LogP contribution >= 0.6 is 0 Å². The van der Waals surface area contributed by atoms with Gasteiger partial charge >= 0.3 is 6.03 Å². The molecule has 126 valence electrons. The van der Waals surface area contributed by atoms with Crippen LogP contribution in [0, 0.1) is 11.6 Å². The molecule has 2 aromatic carbocycles. The Labute approximate surface area is 138 Å². The summed E-state index contributed by atoms with van der Waals surface area (Å²) in [6.07, 6.45) is 0. The summed E-state index contributed by atoms with van der Waals surface area (Å²) in [7, 11) is 0. The maximum Gasteiger partial charge on any atom is 0.319 e. The van der Waals surface area contributed by atoms with Crippen LogP contribution in [0.5, 0.6) is 0 Å². The second-order valence-electron chi connectivity index (χ2n) is 5.14. The number of hydrogen-bond donors (Lipinski definition) is 3. The lowest BCUT2D eigenvalue weighted by Gasteiger charge is -2.15. The van der Waals surface area contributed by atoms with Gasteiger partial charge in [-0.1, -0.05) is 24.3 Å². The highest BCUT2D eigenvalue weighted by Crippen LogP contribution is 2.15. The maximum atomic E-state index is 13.2. The number of carbonyl (C=O) groups is 2. The summed E-state index contributed by atoms with van der Waals surface area (Å²) >= 11 is 0. The highest BCUT2D eigenvalue weighted by Gasteiger charge is 2.12. The molecule has 0 heterocycles. The Bertz CT molecular complexity index is 723. The lowest BCUT2D eigenvalue weighted by atomic mass is 10.1. The zero-order valence-electron chi connectivity index (χ0n) is 13.0. The molecule has 0 fully saturated rings. The highest BCUT2D eigenvalue weighted by atomic mass is 19.2. The highest BCUT2D eigenvalue weighted by molar-refractivity contribution is 5.92. The first-order valence-electron chi connectivity index (χ1n) is 7.30. The number of anilines is 1. The van der Waals surface area contributed by atoms with E-state index in [1.54, 1.807) is 31.2 Å². The lowest BCUT2D eigenvalue weighted by Crippen LogP contribution is -2.39. The molecule has 0 aromatic heterocycles. The van der Waals surface area contributed by atoms with E-state index in [9.17, 15) is 18.4 Å². The van der Waals surface area contributed by atoms with Crippen molar-refractivity contribution in [2.45, 2.75) is 13.0 Å². The normalized spacial score (nSPS) is 11.5. The van der Waals surface area contributed by atoms with Gasteiger partial charge in [0.05, 0.1) is 12.6 Å². The van der Waals surface area contributed by atoms with Gasteiger partial charge in [-0.15, -0.1) is 0 Å². The molecule has 0 saturated carbocycles. The predicted molar refractivity (Wildman–Crippen MR) is 86.4 cm³/mol. The molecule has 24 heavy (non-hydrogen) atoms. The fourth-order valence-corrected chi connectivity index (χ4v) is 2.01. The van der Waals surface area contributed by atoms with Crippen LogP contribution in [0.1, 0.15) is 18.5 Å². The molecule has 7 heteroatoms. The average Bonchev–Trinajstić information content (AvgIpc) is 2.56. The van der Waals surface area contributed by atoms with Crippen molar-refractivity contribution in [1.82, 2.24) is 10.6 Å². The van der Waals surface area contributed by atoms with Crippen LogP contribution in [0.25, 0.3) is 0 Å². The Kier molecular flexibility index (Phi) is 5.83. The third-order valence-electron chi connectivity index (χ3n) is 3.26. The minimum Gasteiger partial charge on any atom is -0.348 e. The quantitative estimate of drug-likeness (QED) is 0.787. The van der Waals surface area contributed by atoms with Crippen LogP contribution in [-0.4, -0.2) is 18.5 Å². The summed E-state index contributed by atoms with van der Waals surface area (Å²) in [4.78, 5) is 23.5. The van der Waals surface area contributed by atoms with Crippen molar-refractivity contribution < 1.29 is 18.4 Å². The molecule has 0 aliphatic rings. The monoisotopic (exact) mass is 333 g/mol. The van der Waals surface area contributed by atoms with E-state index in [2.05, 4.69) is 16.0 Å². The molecule has 0 spiro atoms. The van der Waals surface area contributed by atoms with Crippen LogP contribution in [-0.2, 0) is 4.79 Å². The minimum absolute atomic E-state index is 0.243. The Morgan fingerprint density at radius 1 is 1.04 bits per heavy atom. The van der Waals surface area contributed by atoms with E-state index in [4.69, 9.17) is 0 Å². The van der Waals surface area contributed by atoms with E-state index >= 15 is 0 Å². The summed E-state index contributed by atoms with van der Waals surface area (Å²) in [5.74, 6) is -2.37. The Morgan fingerprint density at radius 3 is 2.42 bits per heavy atom. The SMILES string of the molecule is C[C@@H](NC(=O)CNC(=O)Nc1ccccc1)c1ccc(F)c(F)c1. The van der Waals surface area contributed by atoms with E-state index in [-0.39, 0.29) is 6.54 Å². The van der Waals surface area contributed by atoms with Gasteiger partial charge in [-0.2, -0.15) is 0 Å². The van der Waals surface area contributed by atoms with Gasteiger partial charge in [0.15, 0.2) is 11.6 Å². The Morgan fingerprint density at radius 2 is 1.75 bits per heavy atom. The molecule has 0 bridgehead atoms. The first-order valence-corrected chi connectivity index (χ1v) is 7.30. The molecule has 0 aliphatic heterocycles. The van der Waals surface area contributed by atoms with Gasteiger partial charge < -0.3 is 16.0 Å². The molecule has 1 atom stereocenters. The molecule has 3 amide bonds. The van der Waals surface area contributed by atoms with Crippen molar-refractivity contribution >= 4 is 17.6 Å². The summed E-state index contributed by atoms with van der Waals surface area (Å²) in [5.41, 5.74) is 1.03. The third kappa shape index (κ3) is 5.05. The molecular weight excluding hydrogens is 316 g/mol. The zero-order valence-corrected chi connectivity index (χ0v) is 13.0. The summed E-state index contributed by atoms with van der Waals surface area (Å²) in [6, 6.07) is 11.2. The van der Waals surface area contributed by atoms with Gasteiger partial charge in [0, 0.05) is 5.69 Å². The fraction of sp³-hybridized carbons (Fsp3) is 0.176. The van der Waals surface area contributed by atoms with Crippen LogP contribution in [0.4, 0.5) is 19.3 Å². The zero-order chi connectivity index (χ0) is 17.5. The molecule has 0 saturated heterocycles. The van der Waals surface area contributed by atoms with Gasteiger partial charge in [0.1, 0.15) is 0 Å². The third-order valence-corrected chi connectivity index (χ3v) is 3.26. The Hall–Kier alpha value is -2.96. The molecular formula is C17H17F2N3O2.